The standard InChI is InChI=1S/C16H20BrN3O/c1-4-8-18-16-13(17)14(10(2)3)19-15(20-16)11-6-5-7-12(21)9-11/h5-7,9-10,21H,4,8H2,1-3H3,(H,18,19,20). The number of benzene rings is 1. The molecule has 0 atom stereocenters. The number of nitrogens with zero attached hydrogens (tertiary/aromatic N) is 2. The normalized spacial score (nSPS) is 10.9. The molecular weight excluding hydrogens is 330 g/mol. The van der Waals surface area contributed by atoms with E-state index in [4.69, 9.17) is 0 Å². The van der Waals surface area contributed by atoms with Gasteiger partial charge in [-0.3, -0.25) is 0 Å². The van der Waals surface area contributed by atoms with Crippen LogP contribution in [0.1, 0.15) is 38.8 Å². The molecule has 0 bridgehead atoms. The summed E-state index contributed by atoms with van der Waals surface area (Å²) in [6, 6.07) is 7.01. The molecule has 0 amide bonds. The Hall–Kier alpha value is -1.62. The molecule has 0 saturated carbocycles. The topological polar surface area (TPSA) is 58.0 Å². The van der Waals surface area contributed by atoms with E-state index in [2.05, 4.69) is 52.0 Å². The van der Waals surface area contributed by atoms with E-state index in [0.717, 1.165) is 34.5 Å². The van der Waals surface area contributed by atoms with E-state index in [1.54, 1.807) is 18.2 Å². The molecule has 5 heteroatoms. The molecule has 2 rings (SSSR count). The number of anilines is 1. The van der Waals surface area contributed by atoms with Crippen molar-refractivity contribution in [3.05, 3.63) is 34.4 Å². The third-order valence-electron chi connectivity index (χ3n) is 3.07. The summed E-state index contributed by atoms with van der Waals surface area (Å²) < 4.78 is 0.912. The smallest absolute Gasteiger partial charge is 0.161 e. The minimum absolute atomic E-state index is 0.216. The molecule has 1 heterocycles. The Bertz CT molecular complexity index is 629. The Morgan fingerprint density at radius 1 is 1.29 bits per heavy atom. The second-order valence-electron chi connectivity index (χ2n) is 5.23. The van der Waals surface area contributed by atoms with Crippen LogP contribution < -0.4 is 5.32 Å². The maximum atomic E-state index is 9.64. The van der Waals surface area contributed by atoms with E-state index in [1.165, 1.54) is 0 Å². The molecule has 0 fully saturated rings. The SMILES string of the molecule is CCCNc1nc(-c2cccc(O)c2)nc(C(C)C)c1Br. The van der Waals surface area contributed by atoms with Gasteiger partial charge in [-0.1, -0.05) is 32.9 Å². The van der Waals surface area contributed by atoms with Crippen LogP contribution in [0.5, 0.6) is 5.75 Å². The zero-order chi connectivity index (χ0) is 15.4. The summed E-state index contributed by atoms with van der Waals surface area (Å²) >= 11 is 3.60. The number of hydrogen-bond donors (Lipinski definition) is 2. The summed E-state index contributed by atoms with van der Waals surface area (Å²) in [7, 11) is 0. The third kappa shape index (κ3) is 3.73. The van der Waals surface area contributed by atoms with Crippen LogP contribution in [0.25, 0.3) is 11.4 Å². The summed E-state index contributed by atoms with van der Waals surface area (Å²) in [6.45, 7) is 7.17. The van der Waals surface area contributed by atoms with Gasteiger partial charge >= 0.3 is 0 Å². The van der Waals surface area contributed by atoms with Crippen molar-refractivity contribution in [2.75, 3.05) is 11.9 Å². The van der Waals surface area contributed by atoms with Crippen molar-refractivity contribution in [2.45, 2.75) is 33.1 Å². The lowest BCUT2D eigenvalue weighted by Crippen LogP contribution is -2.08. The molecule has 2 aromatic rings. The molecule has 2 N–H and O–H groups in total. The van der Waals surface area contributed by atoms with Crippen LogP contribution in [0.3, 0.4) is 0 Å². The van der Waals surface area contributed by atoms with Gasteiger partial charge in [0, 0.05) is 12.1 Å². The number of aromatic nitrogens is 2. The molecule has 4 nitrogen and oxygen atoms in total. The summed E-state index contributed by atoms with van der Waals surface area (Å²) in [5.41, 5.74) is 1.77. The Labute approximate surface area is 133 Å². The molecule has 0 unspecified atom stereocenters. The summed E-state index contributed by atoms with van der Waals surface area (Å²) in [6.07, 6.45) is 1.02. The van der Waals surface area contributed by atoms with Gasteiger partial charge in [-0.2, -0.15) is 0 Å². The lowest BCUT2D eigenvalue weighted by Gasteiger charge is -2.15. The van der Waals surface area contributed by atoms with Gasteiger partial charge in [-0.05, 0) is 40.4 Å². The minimum atomic E-state index is 0.216. The van der Waals surface area contributed by atoms with Crippen molar-refractivity contribution in [1.82, 2.24) is 9.97 Å². The first-order valence-corrected chi connectivity index (χ1v) is 7.93. The molecule has 1 aromatic heterocycles. The zero-order valence-electron chi connectivity index (χ0n) is 12.5. The fourth-order valence-electron chi connectivity index (χ4n) is 1.98. The molecule has 0 aliphatic heterocycles. The summed E-state index contributed by atoms with van der Waals surface area (Å²) in [5.74, 6) is 1.92. The van der Waals surface area contributed by atoms with E-state index in [-0.39, 0.29) is 11.7 Å². The van der Waals surface area contributed by atoms with Gasteiger partial charge in [0.1, 0.15) is 11.6 Å². The van der Waals surface area contributed by atoms with Crippen LogP contribution in [-0.2, 0) is 0 Å². The van der Waals surface area contributed by atoms with Gasteiger partial charge in [0.2, 0.25) is 0 Å². The maximum Gasteiger partial charge on any atom is 0.161 e. The quantitative estimate of drug-likeness (QED) is 0.830. The lowest BCUT2D eigenvalue weighted by atomic mass is 10.1. The summed E-state index contributed by atoms with van der Waals surface area (Å²) in [4.78, 5) is 9.23. The van der Waals surface area contributed by atoms with Gasteiger partial charge in [0.15, 0.2) is 5.82 Å². The van der Waals surface area contributed by atoms with Gasteiger partial charge in [0.05, 0.1) is 10.2 Å². The van der Waals surface area contributed by atoms with Crippen LogP contribution in [0, 0.1) is 0 Å². The number of aromatic hydroxyl groups is 1. The highest BCUT2D eigenvalue weighted by Gasteiger charge is 2.15. The highest BCUT2D eigenvalue weighted by Crippen LogP contribution is 2.32. The van der Waals surface area contributed by atoms with Crippen molar-refractivity contribution < 1.29 is 5.11 Å². The van der Waals surface area contributed by atoms with E-state index in [0.29, 0.717) is 5.82 Å². The molecule has 1 aromatic carbocycles. The first kappa shape index (κ1) is 15.8. The average Bonchev–Trinajstić information content (AvgIpc) is 2.46. The minimum Gasteiger partial charge on any atom is -0.508 e. The first-order chi connectivity index (χ1) is 10.0. The maximum absolute atomic E-state index is 9.64. The number of phenols is 1. The Morgan fingerprint density at radius 2 is 2.05 bits per heavy atom. The molecule has 21 heavy (non-hydrogen) atoms. The van der Waals surface area contributed by atoms with E-state index < -0.39 is 0 Å². The van der Waals surface area contributed by atoms with Crippen LogP contribution in [0.15, 0.2) is 28.7 Å². The van der Waals surface area contributed by atoms with Crippen LogP contribution in [-0.4, -0.2) is 21.6 Å². The molecule has 0 saturated heterocycles. The Morgan fingerprint density at radius 3 is 2.67 bits per heavy atom. The van der Waals surface area contributed by atoms with Crippen molar-refractivity contribution in [1.29, 1.82) is 0 Å². The number of phenolic OH excluding ortho intramolecular Hbond substituents is 1. The highest BCUT2D eigenvalue weighted by molar-refractivity contribution is 9.10. The average molecular weight is 350 g/mol. The van der Waals surface area contributed by atoms with E-state index in [1.807, 2.05) is 6.07 Å². The third-order valence-corrected chi connectivity index (χ3v) is 3.85. The molecular formula is C16H20BrN3O. The van der Waals surface area contributed by atoms with Crippen molar-refractivity contribution in [3.8, 4) is 17.1 Å². The van der Waals surface area contributed by atoms with Gasteiger partial charge in [-0.25, -0.2) is 9.97 Å². The van der Waals surface area contributed by atoms with Crippen molar-refractivity contribution >= 4 is 21.7 Å². The molecule has 0 aliphatic rings. The van der Waals surface area contributed by atoms with Gasteiger partial charge < -0.3 is 10.4 Å². The number of nitrogens with one attached hydrogen (secondary N) is 1. The lowest BCUT2D eigenvalue weighted by molar-refractivity contribution is 0.475. The fraction of sp³-hybridized carbons (Fsp3) is 0.375. The van der Waals surface area contributed by atoms with Crippen molar-refractivity contribution in [3.63, 3.8) is 0 Å². The molecule has 112 valence electrons. The first-order valence-electron chi connectivity index (χ1n) is 7.13. The molecule has 0 spiro atoms. The van der Waals surface area contributed by atoms with E-state index in [9.17, 15) is 5.11 Å². The molecule has 0 aliphatic carbocycles. The second kappa shape index (κ2) is 6.89. The van der Waals surface area contributed by atoms with Gasteiger partial charge in [0.25, 0.3) is 0 Å². The predicted molar refractivity (Wildman–Crippen MR) is 89.7 cm³/mol. The number of hydrogen-bond acceptors (Lipinski definition) is 4. The van der Waals surface area contributed by atoms with Crippen LogP contribution in [0.4, 0.5) is 5.82 Å². The second-order valence-corrected chi connectivity index (χ2v) is 6.02. The fourth-order valence-corrected chi connectivity index (χ4v) is 2.76. The van der Waals surface area contributed by atoms with Crippen LogP contribution >= 0.6 is 15.9 Å². The van der Waals surface area contributed by atoms with Gasteiger partial charge in [-0.15, -0.1) is 0 Å². The monoisotopic (exact) mass is 349 g/mol. The predicted octanol–water partition coefficient (Wildman–Crippen LogP) is 4.56. The number of rotatable bonds is 5. The van der Waals surface area contributed by atoms with Crippen molar-refractivity contribution in [2.24, 2.45) is 0 Å². The van der Waals surface area contributed by atoms with E-state index >= 15 is 0 Å². The summed E-state index contributed by atoms with van der Waals surface area (Å²) in [5, 5.41) is 13.0. The Balaban J connectivity index is 2.53. The number of halogens is 1. The van der Waals surface area contributed by atoms with Crippen LogP contribution in [0.2, 0.25) is 0 Å². The molecule has 0 radical (unpaired) electrons. The Kier molecular flexibility index (Phi) is 5.17. The highest BCUT2D eigenvalue weighted by atomic mass is 79.9. The largest absolute Gasteiger partial charge is 0.508 e. The zero-order valence-corrected chi connectivity index (χ0v) is 14.1.